The first-order valence-corrected chi connectivity index (χ1v) is 7.76. The number of amides is 3. The average molecular weight is 299 g/mol. The third kappa shape index (κ3) is 2.58. The van der Waals surface area contributed by atoms with Crippen molar-refractivity contribution in [1.29, 1.82) is 0 Å². The Morgan fingerprint density at radius 1 is 1.23 bits per heavy atom. The van der Waals surface area contributed by atoms with Crippen LogP contribution in [0.4, 0.5) is 4.79 Å². The van der Waals surface area contributed by atoms with Gasteiger partial charge in [-0.3, -0.25) is 4.79 Å². The molecular weight excluding hydrogens is 278 g/mol. The van der Waals surface area contributed by atoms with Gasteiger partial charge in [-0.15, -0.1) is 0 Å². The Morgan fingerprint density at radius 2 is 1.95 bits per heavy atom. The summed E-state index contributed by atoms with van der Waals surface area (Å²) < 4.78 is 0. The molecule has 2 aliphatic heterocycles. The first-order chi connectivity index (χ1) is 10.6. The van der Waals surface area contributed by atoms with E-state index in [1.807, 2.05) is 36.1 Å². The van der Waals surface area contributed by atoms with Crippen molar-refractivity contribution in [2.24, 2.45) is 0 Å². The van der Waals surface area contributed by atoms with E-state index < -0.39 is 0 Å². The second kappa shape index (κ2) is 5.83. The third-order valence-electron chi connectivity index (χ3n) is 4.21. The smallest absolute Gasteiger partial charge is 0.319 e. The maximum Gasteiger partial charge on any atom is 0.319 e. The number of benzene rings is 1. The lowest BCUT2D eigenvalue weighted by Gasteiger charge is -2.25. The summed E-state index contributed by atoms with van der Waals surface area (Å²) in [5.74, 6) is 0.0292. The van der Waals surface area contributed by atoms with E-state index in [2.05, 4.69) is 17.6 Å². The fourth-order valence-electron chi connectivity index (χ4n) is 2.97. The molecule has 2 N–H and O–H groups in total. The number of nitrogens with zero attached hydrogens (tertiary/aromatic N) is 1. The van der Waals surface area contributed by atoms with Crippen LogP contribution in [-0.2, 0) is 4.79 Å². The number of unbranched alkanes of at least 4 members (excludes halogenated alkanes) is 1. The van der Waals surface area contributed by atoms with Crippen LogP contribution in [0.5, 0.6) is 0 Å². The Morgan fingerprint density at radius 3 is 2.64 bits per heavy atom. The lowest BCUT2D eigenvalue weighted by molar-refractivity contribution is -0.125. The fraction of sp³-hybridized carbons (Fsp3) is 0.412. The zero-order valence-electron chi connectivity index (χ0n) is 13.0. The first kappa shape index (κ1) is 14.6. The zero-order chi connectivity index (χ0) is 15.7. The van der Waals surface area contributed by atoms with Crippen LogP contribution in [0.1, 0.15) is 36.9 Å². The highest BCUT2D eigenvalue weighted by Crippen LogP contribution is 2.32. The third-order valence-corrected chi connectivity index (χ3v) is 4.21. The summed E-state index contributed by atoms with van der Waals surface area (Å²) in [6.07, 6.45) is 2.02. The zero-order valence-corrected chi connectivity index (χ0v) is 13.0. The van der Waals surface area contributed by atoms with Gasteiger partial charge in [-0.1, -0.05) is 43.2 Å². The van der Waals surface area contributed by atoms with Gasteiger partial charge in [0.25, 0.3) is 5.91 Å². The Bertz CT molecular complexity index is 634. The number of carbonyl (C=O) groups is 2. The molecule has 1 aromatic rings. The van der Waals surface area contributed by atoms with Gasteiger partial charge in [0.15, 0.2) is 0 Å². The van der Waals surface area contributed by atoms with Crippen molar-refractivity contribution in [3.05, 3.63) is 46.7 Å². The van der Waals surface area contributed by atoms with Gasteiger partial charge in [0.1, 0.15) is 0 Å². The maximum absolute atomic E-state index is 12.7. The Hall–Kier alpha value is -2.30. The molecule has 1 atom stereocenters. The van der Waals surface area contributed by atoms with Crippen molar-refractivity contribution in [2.45, 2.75) is 32.7 Å². The van der Waals surface area contributed by atoms with E-state index in [4.69, 9.17) is 0 Å². The summed E-state index contributed by atoms with van der Waals surface area (Å²) in [7, 11) is 0. The van der Waals surface area contributed by atoms with Crippen molar-refractivity contribution in [3.8, 4) is 0 Å². The van der Waals surface area contributed by atoms with Crippen LogP contribution in [0.3, 0.4) is 0 Å². The molecular formula is C17H21N3O2. The molecule has 0 saturated carbocycles. The van der Waals surface area contributed by atoms with Gasteiger partial charge >= 0.3 is 6.03 Å². The molecule has 5 heteroatoms. The van der Waals surface area contributed by atoms with Crippen molar-refractivity contribution >= 4 is 11.9 Å². The summed E-state index contributed by atoms with van der Waals surface area (Å²) in [5, 5.41) is 5.67. The lowest BCUT2D eigenvalue weighted by atomic mass is 9.95. The molecule has 0 unspecified atom stereocenters. The van der Waals surface area contributed by atoms with E-state index in [0.717, 1.165) is 36.2 Å². The van der Waals surface area contributed by atoms with Crippen molar-refractivity contribution in [1.82, 2.24) is 15.5 Å². The summed E-state index contributed by atoms with van der Waals surface area (Å²) in [6, 6.07) is 7.34. The molecule has 0 bridgehead atoms. The molecule has 1 aromatic carbocycles. The number of hydrogen-bond acceptors (Lipinski definition) is 2. The molecule has 22 heavy (non-hydrogen) atoms. The highest BCUT2D eigenvalue weighted by atomic mass is 16.2. The highest BCUT2D eigenvalue weighted by molar-refractivity contribution is 6.01. The molecule has 3 amide bonds. The van der Waals surface area contributed by atoms with E-state index in [1.54, 1.807) is 0 Å². The number of urea groups is 1. The second-order valence-corrected chi connectivity index (χ2v) is 5.91. The van der Waals surface area contributed by atoms with Gasteiger partial charge in [0.05, 0.1) is 23.9 Å². The summed E-state index contributed by atoms with van der Waals surface area (Å²) in [4.78, 5) is 26.4. The maximum atomic E-state index is 12.7. The van der Waals surface area contributed by atoms with E-state index in [0.29, 0.717) is 12.1 Å². The largest absolute Gasteiger partial charge is 0.333 e. The standard InChI is InChI=1S/C17H21N3O2/c1-3-4-9-20-10-13-14(16(20)21)15(19-17(22)18-13)12-7-5-11(2)6-8-12/h5-8,15H,3-4,9-10H2,1-2H3,(H2,18,19,22)/t15-/m1/s1. The molecule has 2 aliphatic rings. The van der Waals surface area contributed by atoms with E-state index in [9.17, 15) is 9.59 Å². The minimum atomic E-state index is -0.358. The molecule has 5 nitrogen and oxygen atoms in total. The Balaban J connectivity index is 1.90. The van der Waals surface area contributed by atoms with Crippen LogP contribution in [0.2, 0.25) is 0 Å². The SMILES string of the molecule is CCCCN1CC2=C(C1=O)[C@@H](c1ccc(C)cc1)NC(=O)N2. The predicted octanol–water partition coefficient (Wildman–Crippen LogP) is 2.25. The molecule has 116 valence electrons. The minimum Gasteiger partial charge on any atom is -0.333 e. The van der Waals surface area contributed by atoms with Gasteiger partial charge in [-0.2, -0.15) is 0 Å². The molecule has 0 aliphatic carbocycles. The van der Waals surface area contributed by atoms with Gasteiger partial charge in [-0.25, -0.2) is 4.79 Å². The van der Waals surface area contributed by atoms with Crippen molar-refractivity contribution in [2.75, 3.05) is 13.1 Å². The number of hydrogen-bond donors (Lipinski definition) is 2. The Labute approximate surface area is 130 Å². The van der Waals surface area contributed by atoms with Crippen LogP contribution >= 0.6 is 0 Å². The van der Waals surface area contributed by atoms with Crippen LogP contribution in [0.15, 0.2) is 35.5 Å². The molecule has 0 saturated heterocycles. The molecule has 0 aromatic heterocycles. The van der Waals surface area contributed by atoms with Gasteiger partial charge in [0, 0.05) is 6.54 Å². The first-order valence-electron chi connectivity index (χ1n) is 7.76. The summed E-state index contributed by atoms with van der Waals surface area (Å²) in [6.45, 7) is 5.36. The summed E-state index contributed by atoms with van der Waals surface area (Å²) in [5.41, 5.74) is 3.52. The molecule has 3 rings (SSSR count). The molecule has 0 radical (unpaired) electrons. The number of carbonyl (C=O) groups excluding carboxylic acids is 2. The topological polar surface area (TPSA) is 61.4 Å². The van der Waals surface area contributed by atoms with Crippen LogP contribution in [0.25, 0.3) is 0 Å². The number of rotatable bonds is 4. The monoisotopic (exact) mass is 299 g/mol. The summed E-state index contributed by atoms with van der Waals surface area (Å²) >= 11 is 0. The molecule has 0 fully saturated rings. The van der Waals surface area contributed by atoms with Crippen LogP contribution in [-0.4, -0.2) is 29.9 Å². The molecule has 0 spiro atoms. The van der Waals surface area contributed by atoms with E-state index in [-0.39, 0.29) is 18.0 Å². The van der Waals surface area contributed by atoms with Crippen LogP contribution < -0.4 is 10.6 Å². The normalized spacial score (nSPS) is 20.8. The van der Waals surface area contributed by atoms with Crippen molar-refractivity contribution in [3.63, 3.8) is 0 Å². The highest BCUT2D eigenvalue weighted by Gasteiger charge is 2.39. The Kier molecular flexibility index (Phi) is 3.88. The van der Waals surface area contributed by atoms with E-state index in [1.165, 1.54) is 0 Å². The number of aryl methyl sites for hydroxylation is 1. The second-order valence-electron chi connectivity index (χ2n) is 5.91. The van der Waals surface area contributed by atoms with E-state index >= 15 is 0 Å². The quantitative estimate of drug-likeness (QED) is 0.895. The molecule has 2 heterocycles. The van der Waals surface area contributed by atoms with Crippen LogP contribution in [0, 0.1) is 6.92 Å². The average Bonchev–Trinajstić information content (AvgIpc) is 2.81. The van der Waals surface area contributed by atoms with Gasteiger partial charge in [-0.05, 0) is 18.9 Å². The van der Waals surface area contributed by atoms with Crippen molar-refractivity contribution < 1.29 is 9.59 Å². The van der Waals surface area contributed by atoms with Gasteiger partial charge in [0.2, 0.25) is 0 Å². The predicted molar refractivity (Wildman–Crippen MR) is 84.1 cm³/mol. The lowest BCUT2D eigenvalue weighted by Crippen LogP contribution is -2.44. The number of nitrogens with one attached hydrogen (secondary N) is 2. The minimum absolute atomic E-state index is 0.0292. The fourth-order valence-corrected chi connectivity index (χ4v) is 2.97. The van der Waals surface area contributed by atoms with Gasteiger partial charge < -0.3 is 15.5 Å².